The fourth-order valence-electron chi connectivity index (χ4n) is 3.66. The van der Waals surface area contributed by atoms with E-state index < -0.39 is 0 Å². The Morgan fingerprint density at radius 3 is 2.44 bits per heavy atom. The van der Waals surface area contributed by atoms with Crippen LogP contribution >= 0.6 is 0 Å². The summed E-state index contributed by atoms with van der Waals surface area (Å²) in [6.07, 6.45) is 1.84. The smallest absolute Gasteiger partial charge is 0.257 e. The number of aromatic nitrogens is 2. The van der Waals surface area contributed by atoms with Crippen LogP contribution in [0.4, 0.5) is 0 Å². The van der Waals surface area contributed by atoms with Crippen LogP contribution in [0, 0.1) is 6.92 Å². The SMILES string of the molecule is COc1cccc(-c2nn(Cc3ccccc3)cc2C(=O)N(C)Cc2ccc(C)cc2)c1. The van der Waals surface area contributed by atoms with Crippen LogP contribution in [0.15, 0.2) is 85.1 Å². The number of amides is 1. The lowest BCUT2D eigenvalue weighted by Crippen LogP contribution is -2.26. The van der Waals surface area contributed by atoms with Gasteiger partial charge in [0.05, 0.1) is 19.2 Å². The van der Waals surface area contributed by atoms with Gasteiger partial charge in [-0.2, -0.15) is 5.10 Å². The van der Waals surface area contributed by atoms with Crippen molar-refractivity contribution >= 4 is 5.91 Å². The molecule has 0 spiro atoms. The minimum atomic E-state index is -0.0669. The number of nitrogens with zero attached hydrogens (tertiary/aromatic N) is 3. The lowest BCUT2D eigenvalue weighted by atomic mass is 10.1. The Kier molecular flexibility index (Phi) is 6.36. The molecule has 0 bridgehead atoms. The summed E-state index contributed by atoms with van der Waals surface area (Å²) < 4.78 is 7.22. The van der Waals surface area contributed by atoms with Gasteiger partial charge in [0.1, 0.15) is 11.4 Å². The molecule has 1 amide bonds. The van der Waals surface area contributed by atoms with E-state index in [9.17, 15) is 4.79 Å². The normalized spacial score (nSPS) is 10.7. The number of rotatable bonds is 7. The standard InChI is InChI=1S/C27H27N3O2/c1-20-12-14-22(15-13-20)17-29(2)27(31)25-19-30(18-21-8-5-4-6-9-21)28-26(25)23-10-7-11-24(16-23)32-3/h4-16,19H,17-18H2,1-3H3. The number of benzene rings is 3. The van der Waals surface area contributed by atoms with Gasteiger partial charge in [-0.05, 0) is 30.2 Å². The maximum atomic E-state index is 13.5. The Morgan fingerprint density at radius 2 is 1.72 bits per heavy atom. The molecular weight excluding hydrogens is 398 g/mol. The van der Waals surface area contributed by atoms with Gasteiger partial charge < -0.3 is 9.64 Å². The summed E-state index contributed by atoms with van der Waals surface area (Å²) in [5, 5.41) is 4.79. The maximum absolute atomic E-state index is 13.5. The maximum Gasteiger partial charge on any atom is 0.257 e. The quantitative estimate of drug-likeness (QED) is 0.409. The van der Waals surface area contributed by atoms with Gasteiger partial charge in [-0.3, -0.25) is 9.48 Å². The van der Waals surface area contributed by atoms with Crippen molar-refractivity contribution in [3.8, 4) is 17.0 Å². The van der Waals surface area contributed by atoms with Gasteiger partial charge in [-0.1, -0.05) is 72.3 Å². The highest BCUT2D eigenvalue weighted by Crippen LogP contribution is 2.27. The van der Waals surface area contributed by atoms with Crippen LogP contribution in [0.5, 0.6) is 5.75 Å². The minimum absolute atomic E-state index is 0.0669. The van der Waals surface area contributed by atoms with Crippen molar-refractivity contribution in [3.05, 3.63) is 107 Å². The molecule has 0 unspecified atom stereocenters. The summed E-state index contributed by atoms with van der Waals surface area (Å²) in [4.78, 5) is 15.2. The first-order valence-corrected chi connectivity index (χ1v) is 10.6. The molecule has 0 radical (unpaired) electrons. The topological polar surface area (TPSA) is 47.4 Å². The predicted molar refractivity (Wildman–Crippen MR) is 127 cm³/mol. The Labute approximate surface area is 188 Å². The fourth-order valence-corrected chi connectivity index (χ4v) is 3.66. The Bertz CT molecular complexity index is 1200. The molecule has 0 fully saturated rings. The molecule has 0 atom stereocenters. The van der Waals surface area contributed by atoms with Crippen LogP contribution in [0.1, 0.15) is 27.0 Å². The molecule has 0 aliphatic rings. The summed E-state index contributed by atoms with van der Waals surface area (Å²) in [6, 6.07) is 26.0. The number of hydrogen-bond acceptors (Lipinski definition) is 3. The van der Waals surface area contributed by atoms with Gasteiger partial charge in [-0.15, -0.1) is 0 Å². The lowest BCUT2D eigenvalue weighted by molar-refractivity contribution is 0.0785. The first kappa shape index (κ1) is 21.4. The van der Waals surface area contributed by atoms with Crippen LogP contribution < -0.4 is 4.74 Å². The third-order valence-corrected chi connectivity index (χ3v) is 5.41. The average Bonchev–Trinajstić information content (AvgIpc) is 3.24. The number of hydrogen-bond donors (Lipinski definition) is 0. The summed E-state index contributed by atoms with van der Waals surface area (Å²) in [7, 11) is 3.46. The van der Waals surface area contributed by atoms with E-state index in [0.29, 0.717) is 24.3 Å². The number of aryl methyl sites for hydroxylation is 1. The second kappa shape index (κ2) is 9.52. The van der Waals surface area contributed by atoms with Crippen LogP contribution in [0.25, 0.3) is 11.3 Å². The molecule has 0 saturated carbocycles. The van der Waals surface area contributed by atoms with Gasteiger partial charge >= 0.3 is 0 Å². The van der Waals surface area contributed by atoms with Crippen molar-refractivity contribution in [1.29, 1.82) is 0 Å². The second-order valence-electron chi connectivity index (χ2n) is 7.95. The number of carbonyl (C=O) groups is 1. The molecule has 4 aromatic rings. The van der Waals surface area contributed by atoms with Gasteiger partial charge in [0.15, 0.2) is 0 Å². The van der Waals surface area contributed by atoms with Gasteiger partial charge in [0.2, 0.25) is 0 Å². The van der Waals surface area contributed by atoms with Crippen LogP contribution in [-0.4, -0.2) is 34.7 Å². The zero-order valence-corrected chi connectivity index (χ0v) is 18.7. The molecule has 3 aromatic carbocycles. The third-order valence-electron chi connectivity index (χ3n) is 5.41. The highest BCUT2D eigenvalue weighted by molar-refractivity contribution is 5.99. The van der Waals surface area contributed by atoms with Crippen molar-refractivity contribution in [3.63, 3.8) is 0 Å². The molecule has 0 N–H and O–H groups in total. The molecule has 1 heterocycles. The molecule has 4 rings (SSSR count). The Balaban J connectivity index is 1.67. The van der Waals surface area contributed by atoms with Crippen LogP contribution in [0.3, 0.4) is 0 Å². The summed E-state index contributed by atoms with van der Waals surface area (Å²) in [5.41, 5.74) is 5.49. The van der Waals surface area contributed by atoms with Crippen molar-refractivity contribution in [2.24, 2.45) is 0 Å². The van der Waals surface area contributed by atoms with E-state index >= 15 is 0 Å². The van der Waals surface area contributed by atoms with E-state index in [1.165, 1.54) is 5.56 Å². The summed E-state index contributed by atoms with van der Waals surface area (Å²) in [5.74, 6) is 0.661. The first-order valence-electron chi connectivity index (χ1n) is 10.6. The Hall–Kier alpha value is -3.86. The van der Waals surface area contributed by atoms with E-state index in [1.54, 1.807) is 12.0 Å². The van der Waals surface area contributed by atoms with Crippen LogP contribution in [-0.2, 0) is 13.1 Å². The van der Waals surface area contributed by atoms with Crippen molar-refractivity contribution in [1.82, 2.24) is 14.7 Å². The molecule has 162 valence electrons. The van der Waals surface area contributed by atoms with Gasteiger partial charge in [-0.25, -0.2) is 0 Å². The monoisotopic (exact) mass is 425 g/mol. The predicted octanol–water partition coefficient (Wildman–Crippen LogP) is 5.19. The number of ether oxygens (including phenoxy) is 1. The molecule has 32 heavy (non-hydrogen) atoms. The third kappa shape index (κ3) is 4.89. The van der Waals surface area contributed by atoms with Crippen molar-refractivity contribution < 1.29 is 9.53 Å². The fraction of sp³-hybridized carbons (Fsp3) is 0.185. The second-order valence-corrected chi connectivity index (χ2v) is 7.95. The summed E-state index contributed by atoms with van der Waals surface area (Å²) >= 11 is 0. The van der Waals surface area contributed by atoms with E-state index in [4.69, 9.17) is 9.84 Å². The molecule has 0 saturated heterocycles. The highest BCUT2D eigenvalue weighted by Gasteiger charge is 2.22. The van der Waals surface area contributed by atoms with Crippen LogP contribution in [0.2, 0.25) is 0 Å². The van der Waals surface area contributed by atoms with Crippen molar-refractivity contribution in [2.75, 3.05) is 14.2 Å². The van der Waals surface area contributed by atoms with E-state index in [0.717, 1.165) is 22.4 Å². The zero-order chi connectivity index (χ0) is 22.5. The van der Waals surface area contributed by atoms with E-state index in [-0.39, 0.29) is 5.91 Å². The molecule has 0 aliphatic heterocycles. The molecule has 0 aliphatic carbocycles. The number of carbonyl (C=O) groups excluding carboxylic acids is 1. The largest absolute Gasteiger partial charge is 0.497 e. The lowest BCUT2D eigenvalue weighted by Gasteiger charge is -2.17. The Morgan fingerprint density at radius 1 is 0.969 bits per heavy atom. The van der Waals surface area contributed by atoms with E-state index in [2.05, 4.69) is 43.3 Å². The highest BCUT2D eigenvalue weighted by atomic mass is 16.5. The molecular formula is C27H27N3O2. The molecule has 5 nitrogen and oxygen atoms in total. The summed E-state index contributed by atoms with van der Waals surface area (Å²) in [6.45, 7) is 3.17. The molecule has 1 aromatic heterocycles. The van der Waals surface area contributed by atoms with Gasteiger partial charge in [0.25, 0.3) is 5.91 Å². The first-order chi connectivity index (χ1) is 15.5. The van der Waals surface area contributed by atoms with Gasteiger partial charge in [0, 0.05) is 25.4 Å². The average molecular weight is 426 g/mol. The zero-order valence-electron chi connectivity index (χ0n) is 18.7. The molecule has 5 heteroatoms. The minimum Gasteiger partial charge on any atom is -0.497 e. The van der Waals surface area contributed by atoms with E-state index in [1.807, 2.05) is 60.4 Å². The van der Waals surface area contributed by atoms with Crippen molar-refractivity contribution in [2.45, 2.75) is 20.0 Å². The number of methoxy groups -OCH3 is 1.